The molecule has 0 atom stereocenters. The summed E-state index contributed by atoms with van der Waals surface area (Å²) >= 11 is 0. The fourth-order valence-electron chi connectivity index (χ4n) is 1.37. The van der Waals surface area contributed by atoms with Crippen molar-refractivity contribution in [1.29, 1.82) is 0 Å². The van der Waals surface area contributed by atoms with E-state index in [1.165, 1.54) is 0 Å². The monoisotopic (exact) mass is 236 g/mol. The average Bonchev–Trinajstić information content (AvgIpc) is 2.35. The van der Waals surface area contributed by atoms with Crippen LogP contribution in [-0.2, 0) is 9.53 Å². The molecule has 0 aliphatic heterocycles. The SMILES string of the molecule is CCOCCCNCC(=O)Nc1ccccc1. The van der Waals surface area contributed by atoms with Gasteiger partial charge in [-0.3, -0.25) is 4.79 Å². The van der Waals surface area contributed by atoms with E-state index in [-0.39, 0.29) is 5.91 Å². The van der Waals surface area contributed by atoms with Gasteiger partial charge in [0.05, 0.1) is 6.54 Å². The molecule has 4 heteroatoms. The van der Waals surface area contributed by atoms with Crippen LogP contribution in [0.1, 0.15) is 13.3 Å². The maximum absolute atomic E-state index is 11.5. The normalized spacial score (nSPS) is 10.2. The van der Waals surface area contributed by atoms with Crippen LogP contribution in [0.2, 0.25) is 0 Å². The lowest BCUT2D eigenvalue weighted by Gasteiger charge is -2.06. The van der Waals surface area contributed by atoms with E-state index >= 15 is 0 Å². The summed E-state index contributed by atoms with van der Waals surface area (Å²) in [6.07, 6.45) is 0.923. The van der Waals surface area contributed by atoms with Gasteiger partial charge in [0.25, 0.3) is 0 Å². The third kappa shape index (κ3) is 6.71. The second-order valence-electron chi connectivity index (χ2n) is 3.64. The Morgan fingerprint density at radius 3 is 2.76 bits per heavy atom. The largest absolute Gasteiger partial charge is 0.382 e. The second kappa shape index (κ2) is 8.73. The van der Waals surface area contributed by atoms with Crippen molar-refractivity contribution < 1.29 is 9.53 Å². The van der Waals surface area contributed by atoms with Crippen LogP contribution in [0.5, 0.6) is 0 Å². The van der Waals surface area contributed by atoms with Crippen LogP contribution in [-0.4, -0.2) is 32.2 Å². The number of benzene rings is 1. The first-order valence-electron chi connectivity index (χ1n) is 5.96. The maximum atomic E-state index is 11.5. The zero-order valence-corrected chi connectivity index (χ0v) is 10.2. The number of hydrogen-bond donors (Lipinski definition) is 2. The Balaban J connectivity index is 2.06. The lowest BCUT2D eigenvalue weighted by Crippen LogP contribution is -2.29. The Morgan fingerprint density at radius 1 is 1.29 bits per heavy atom. The van der Waals surface area contributed by atoms with E-state index in [1.54, 1.807) is 0 Å². The lowest BCUT2D eigenvalue weighted by atomic mass is 10.3. The van der Waals surface area contributed by atoms with E-state index in [2.05, 4.69) is 10.6 Å². The predicted octanol–water partition coefficient (Wildman–Crippen LogP) is 1.64. The van der Waals surface area contributed by atoms with E-state index < -0.39 is 0 Å². The fourth-order valence-corrected chi connectivity index (χ4v) is 1.37. The summed E-state index contributed by atoms with van der Waals surface area (Å²) in [4.78, 5) is 11.5. The van der Waals surface area contributed by atoms with Gasteiger partial charge in [-0.25, -0.2) is 0 Å². The van der Waals surface area contributed by atoms with Gasteiger partial charge in [-0.15, -0.1) is 0 Å². The van der Waals surface area contributed by atoms with Crippen molar-refractivity contribution >= 4 is 11.6 Å². The molecule has 2 N–H and O–H groups in total. The van der Waals surface area contributed by atoms with Crippen LogP contribution >= 0.6 is 0 Å². The van der Waals surface area contributed by atoms with Crippen LogP contribution in [0.4, 0.5) is 5.69 Å². The Hall–Kier alpha value is -1.39. The summed E-state index contributed by atoms with van der Waals surface area (Å²) in [6.45, 7) is 4.59. The van der Waals surface area contributed by atoms with Crippen LogP contribution in [0, 0.1) is 0 Å². The van der Waals surface area contributed by atoms with Gasteiger partial charge in [0.15, 0.2) is 0 Å². The van der Waals surface area contributed by atoms with Gasteiger partial charge < -0.3 is 15.4 Å². The number of rotatable bonds is 8. The van der Waals surface area contributed by atoms with E-state index in [9.17, 15) is 4.79 Å². The summed E-state index contributed by atoms with van der Waals surface area (Å²) in [6, 6.07) is 9.44. The molecule has 1 aromatic rings. The molecule has 94 valence electrons. The minimum atomic E-state index is -0.0207. The number of carbonyl (C=O) groups excluding carboxylic acids is 1. The van der Waals surface area contributed by atoms with Gasteiger partial charge in [-0.1, -0.05) is 18.2 Å². The highest BCUT2D eigenvalue weighted by Gasteiger charge is 2.00. The molecule has 0 aliphatic rings. The number of anilines is 1. The van der Waals surface area contributed by atoms with Crippen LogP contribution < -0.4 is 10.6 Å². The van der Waals surface area contributed by atoms with Crippen molar-refractivity contribution in [3.8, 4) is 0 Å². The highest BCUT2D eigenvalue weighted by molar-refractivity contribution is 5.92. The first-order chi connectivity index (χ1) is 8.33. The molecule has 17 heavy (non-hydrogen) atoms. The molecule has 0 radical (unpaired) electrons. The van der Waals surface area contributed by atoms with Crippen LogP contribution in [0.25, 0.3) is 0 Å². The molecule has 1 rings (SSSR count). The smallest absolute Gasteiger partial charge is 0.238 e. The predicted molar refractivity (Wildman–Crippen MR) is 69.1 cm³/mol. The first-order valence-corrected chi connectivity index (χ1v) is 5.96. The van der Waals surface area contributed by atoms with Gasteiger partial charge in [0, 0.05) is 18.9 Å². The Labute approximate surface area is 102 Å². The molecule has 1 amide bonds. The summed E-state index contributed by atoms with van der Waals surface area (Å²) in [7, 11) is 0. The highest BCUT2D eigenvalue weighted by atomic mass is 16.5. The highest BCUT2D eigenvalue weighted by Crippen LogP contribution is 2.03. The molecule has 0 spiro atoms. The first kappa shape index (κ1) is 13.7. The number of ether oxygens (including phenoxy) is 1. The minimum Gasteiger partial charge on any atom is -0.382 e. The molecule has 0 saturated heterocycles. The van der Waals surface area contributed by atoms with Crippen molar-refractivity contribution in [3.63, 3.8) is 0 Å². The molecule has 0 fully saturated rings. The molecule has 4 nitrogen and oxygen atoms in total. The quantitative estimate of drug-likeness (QED) is 0.675. The van der Waals surface area contributed by atoms with Crippen molar-refractivity contribution in [2.75, 3.05) is 31.6 Å². The number of carbonyl (C=O) groups is 1. The van der Waals surface area contributed by atoms with Crippen LogP contribution in [0.15, 0.2) is 30.3 Å². The standard InChI is InChI=1S/C13H20N2O2/c1-2-17-10-6-9-14-11-13(16)15-12-7-4-3-5-8-12/h3-5,7-8,14H,2,6,9-11H2,1H3,(H,15,16). The fraction of sp³-hybridized carbons (Fsp3) is 0.462. The van der Waals surface area contributed by atoms with Crippen molar-refractivity contribution in [2.24, 2.45) is 0 Å². The Morgan fingerprint density at radius 2 is 2.06 bits per heavy atom. The van der Waals surface area contributed by atoms with Gasteiger partial charge in [-0.2, -0.15) is 0 Å². The summed E-state index contributed by atoms with van der Waals surface area (Å²) in [5.74, 6) is -0.0207. The maximum Gasteiger partial charge on any atom is 0.238 e. The molecule has 0 bridgehead atoms. The molecule has 0 aromatic heterocycles. The molecular weight excluding hydrogens is 216 g/mol. The summed E-state index contributed by atoms with van der Waals surface area (Å²) in [5.41, 5.74) is 0.827. The van der Waals surface area contributed by atoms with E-state index in [0.29, 0.717) is 6.54 Å². The number of para-hydroxylation sites is 1. The summed E-state index contributed by atoms with van der Waals surface area (Å²) < 4.78 is 5.20. The average molecular weight is 236 g/mol. The third-order valence-electron chi connectivity index (χ3n) is 2.19. The van der Waals surface area contributed by atoms with Gasteiger partial charge in [-0.05, 0) is 32.0 Å². The van der Waals surface area contributed by atoms with Gasteiger partial charge >= 0.3 is 0 Å². The molecular formula is C13H20N2O2. The van der Waals surface area contributed by atoms with Crippen molar-refractivity contribution in [3.05, 3.63) is 30.3 Å². The van der Waals surface area contributed by atoms with Gasteiger partial charge in [0.1, 0.15) is 0 Å². The van der Waals surface area contributed by atoms with E-state index in [4.69, 9.17) is 4.74 Å². The number of hydrogen-bond acceptors (Lipinski definition) is 3. The number of amides is 1. The van der Waals surface area contributed by atoms with Gasteiger partial charge in [0.2, 0.25) is 5.91 Å². The molecule has 0 saturated carbocycles. The lowest BCUT2D eigenvalue weighted by molar-refractivity contribution is -0.115. The molecule has 0 unspecified atom stereocenters. The zero-order chi connectivity index (χ0) is 12.3. The van der Waals surface area contributed by atoms with E-state index in [1.807, 2.05) is 37.3 Å². The second-order valence-corrected chi connectivity index (χ2v) is 3.64. The molecule has 0 aliphatic carbocycles. The Kier molecular flexibility index (Phi) is 7.02. The van der Waals surface area contributed by atoms with Crippen molar-refractivity contribution in [1.82, 2.24) is 5.32 Å². The van der Waals surface area contributed by atoms with Crippen LogP contribution in [0.3, 0.4) is 0 Å². The van der Waals surface area contributed by atoms with Crippen molar-refractivity contribution in [2.45, 2.75) is 13.3 Å². The van der Waals surface area contributed by atoms with E-state index in [0.717, 1.165) is 31.9 Å². The Bertz CT molecular complexity index is 314. The summed E-state index contributed by atoms with van der Waals surface area (Å²) in [5, 5.41) is 5.88. The third-order valence-corrected chi connectivity index (χ3v) is 2.19. The minimum absolute atomic E-state index is 0.0207. The molecule has 0 heterocycles. The number of nitrogens with one attached hydrogen (secondary N) is 2. The molecule has 1 aromatic carbocycles. The topological polar surface area (TPSA) is 50.4 Å². The zero-order valence-electron chi connectivity index (χ0n) is 10.2.